The minimum absolute atomic E-state index is 0.0304. The van der Waals surface area contributed by atoms with Gasteiger partial charge in [-0.2, -0.15) is 0 Å². The standard InChI is InChI=1S/C30H36Br2/c1-6-8-9-14-30(25-15-20(5)10-12-23(25)19(3)4)26-18-22(31)11-13-24(26)29-27(30)16-21(7-2)17-28(29)32/h2,11,13,16-20,23,25H,6,8-10,12,14-15H2,1,3-5H3/t20-,23+,25+,30?/m1/s1. The maximum Gasteiger partial charge on any atom is 0.0269 e. The van der Waals surface area contributed by atoms with E-state index in [2.05, 4.69) is 95.8 Å². The molecule has 2 aliphatic carbocycles. The van der Waals surface area contributed by atoms with Gasteiger partial charge in [0.05, 0.1) is 0 Å². The molecule has 0 N–H and O–H groups in total. The highest BCUT2D eigenvalue weighted by Gasteiger charge is 2.52. The molecule has 170 valence electrons. The van der Waals surface area contributed by atoms with E-state index in [0.717, 1.165) is 21.9 Å². The Morgan fingerprint density at radius 1 is 1.09 bits per heavy atom. The van der Waals surface area contributed by atoms with Crippen molar-refractivity contribution in [3.8, 4) is 23.5 Å². The molecule has 4 atom stereocenters. The second kappa shape index (κ2) is 9.68. The molecule has 0 spiro atoms. The van der Waals surface area contributed by atoms with Crippen molar-refractivity contribution in [2.24, 2.45) is 23.7 Å². The van der Waals surface area contributed by atoms with Crippen LogP contribution in [0.3, 0.4) is 0 Å². The van der Waals surface area contributed by atoms with Crippen molar-refractivity contribution < 1.29 is 0 Å². The van der Waals surface area contributed by atoms with Crippen LogP contribution < -0.4 is 0 Å². The van der Waals surface area contributed by atoms with E-state index >= 15 is 0 Å². The van der Waals surface area contributed by atoms with Gasteiger partial charge in [-0.3, -0.25) is 0 Å². The molecule has 0 bridgehead atoms. The SMILES string of the molecule is C#Cc1cc(Br)c2c(c1)C(CCCCC)([C@H]1C[C@H](C)CC[C@H]1C(C)C)c1cc(Br)ccc1-2. The summed E-state index contributed by atoms with van der Waals surface area (Å²) < 4.78 is 2.33. The third-order valence-corrected chi connectivity index (χ3v) is 9.42. The van der Waals surface area contributed by atoms with Crippen LogP contribution in [-0.4, -0.2) is 0 Å². The van der Waals surface area contributed by atoms with Gasteiger partial charge >= 0.3 is 0 Å². The third kappa shape index (κ3) is 4.03. The summed E-state index contributed by atoms with van der Waals surface area (Å²) in [6.07, 6.45) is 14.9. The van der Waals surface area contributed by atoms with Crippen LogP contribution >= 0.6 is 31.9 Å². The van der Waals surface area contributed by atoms with Gasteiger partial charge in [-0.1, -0.05) is 97.2 Å². The van der Waals surface area contributed by atoms with Gasteiger partial charge in [-0.15, -0.1) is 6.42 Å². The predicted octanol–water partition coefficient (Wildman–Crippen LogP) is 9.75. The molecule has 0 aromatic heterocycles. The molecule has 2 heteroatoms. The molecule has 0 saturated heterocycles. The normalized spacial score (nSPS) is 26.6. The molecule has 2 aliphatic rings. The summed E-state index contributed by atoms with van der Waals surface area (Å²) in [5.41, 5.74) is 6.81. The summed E-state index contributed by atoms with van der Waals surface area (Å²) in [5, 5.41) is 0. The van der Waals surface area contributed by atoms with Gasteiger partial charge < -0.3 is 0 Å². The Balaban J connectivity index is 2.04. The fourth-order valence-electron chi connectivity index (χ4n) is 6.84. The van der Waals surface area contributed by atoms with Crippen LogP contribution in [0.1, 0.15) is 89.3 Å². The first kappa shape index (κ1) is 24.1. The summed E-state index contributed by atoms with van der Waals surface area (Å²) in [6.45, 7) is 9.67. The molecule has 0 heterocycles. The van der Waals surface area contributed by atoms with Crippen molar-refractivity contribution in [1.29, 1.82) is 0 Å². The Bertz CT molecular complexity index is 1030. The van der Waals surface area contributed by atoms with Crippen LogP contribution in [0, 0.1) is 36.0 Å². The summed E-state index contributed by atoms with van der Waals surface area (Å²) in [5.74, 6) is 5.78. The largest absolute Gasteiger partial charge is 0.115 e. The van der Waals surface area contributed by atoms with Crippen molar-refractivity contribution in [2.75, 3.05) is 0 Å². The van der Waals surface area contributed by atoms with E-state index in [1.165, 1.54) is 71.7 Å². The zero-order valence-corrected chi connectivity index (χ0v) is 23.2. The van der Waals surface area contributed by atoms with Gasteiger partial charge in [0.25, 0.3) is 0 Å². The maximum atomic E-state index is 5.95. The summed E-state index contributed by atoms with van der Waals surface area (Å²) in [4.78, 5) is 0. The highest BCUT2D eigenvalue weighted by atomic mass is 79.9. The predicted molar refractivity (Wildman–Crippen MR) is 145 cm³/mol. The number of unbranched alkanes of at least 4 members (excludes halogenated alkanes) is 2. The molecule has 0 aliphatic heterocycles. The van der Waals surface area contributed by atoms with E-state index in [1.807, 2.05) is 0 Å². The van der Waals surface area contributed by atoms with Crippen molar-refractivity contribution >= 4 is 31.9 Å². The lowest BCUT2D eigenvalue weighted by Crippen LogP contribution is -2.44. The minimum Gasteiger partial charge on any atom is -0.115 e. The molecule has 1 fully saturated rings. The maximum absolute atomic E-state index is 5.95. The Hall–Kier alpha value is -1.04. The highest BCUT2D eigenvalue weighted by molar-refractivity contribution is 9.10. The molecular weight excluding hydrogens is 520 g/mol. The van der Waals surface area contributed by atoms with Gasteiger partial charge in [0.1, 0.15) is 0 Å². The molecule has 2 aromatic carbocycles. The van der Waals surface area contributed by atoms with Gasteiger partial charge in [-0.05, 0) is 83.9 Å². The second-order valence-electron chi connectivity index (χ2n) is 10.6. The van der Waals surface area contributed by atoms with E-state index < -0.39 is 0 Å². The molecular formula is C30H36Br2. The average Bonchev–Trinajstić information content (AvgIpc) is 3.03. The number of hydrogen-bond acceptors (Lipinski definition) is 0. The number of halogens is 2. The Morgan fingerprint density at radius 2 is 1.88 bits per heavy atom. The lowest BCUT2D eigenvalue weighted by atomic mass is 9.54. The van der Waals surface area contributed by atoms with E-state index in [1.54, 1.807) is 0 Å². The lowest BCUT2D eigenvalue weighted by Gasteiger charge is -2.49. The molecule has 2 aromatic rings. The van der Waals surface area contributed by atoms with E-state index in [9.17, 15) is 0 Å². The van der Waals surface area contributed by atoms with Crippen molar-refractivity contribution in [2.45, 2.75) is 78.1 Å². The van der Waals surface area contributed by atoms with E-state index in [4.69, 9.17) is 6.42 Å². The fraction of sp³-hybridized carbons (Fsp3) is 0.533. The number of rotatable bonds is 6. The summed E-state index contributed by atoms with van der Waals surface area (Å²) >= 11 is 7.76. The van der Waals surface area contributed by atoms with Crippen LogP contribution in [0.2, 0.25) is 0 Å². The van der Waals surface area contributed by atoms with Gasteiger partial charge in [-0.25, -0.2) is 0 Å². The first-order valence-corrected chi connectivity index (χ1v) is 14.0. The number of benzene rings is 2. The monoisotopic (exact) mass is 554 g/mol. The van der Waals surface area contributed by atoms with Crippen molar-refractivity contribution in [3.63, 3.8) is 0 Å². The average molecular weight is 556 g/mol. The molecule has 0 radical (unpaired) electrons. The number of fused-ring (bicyclic) bond motifs is 3. The molecule has 32 heavy (non-hydrogen) atoms. The van der Waals surface area contributed by atoms with Crippen LogP contribution in [0.25, 0.3) is 11.1 Å². The minimum atomic E-state index is 0.0304. The Morgan fingerprint density at radius 3 is 2.56 bits per heavy atom. The van der Waals surface area contributed by atoms with Crippen LogP contribution in [-0.2, 0) is 5.41 Å². The molecule has 0 nitrogen and oxygen atoms in total. The first-order chi connectivity index (χ1) is 15.3. The quantitative estimate of drug-likeness (QED) is 0.246. The Labute approximate surface area is 212 Å². The molecule has 0 amide bonds. The summed E-state index contributed by atoms with van der Waals surface area (Å²) in [6, 6.07) is 11.5. The summed E-state index contributed by atoms with van der Waals surface area (Å²) in [7, 11) is 0. The molecule has 4 rings (SSSR count). The molecule has 1 saturated carbocycles. The highest BCUT2D eigenvalue weighted by Crippen LogP contribution is 2.62. The fourth-order valence-corrected chi connectivity index (χ4v) is 7.88. The van der Waals surface area contributed by atoms with Gasteiger partial charge in [0.15, 0.2) is 0 Å². The van der Waals surface area contributed by atoms with Gasteiger partial charge in [0, 0.05) is 25.5 Å². The van der Waals surface area contributed by atoms with Gasteiger partial charge in [0.2, 0.25) is 0 Å². The second-order valence-corrected chi connectivity index (χ2v) is 12.3. The van der Waals surface area contributed by atoms with Crippen molar-refractivity contribution in [1.82, 2.24) is 0 Å². The third-order valence-electron chi connectivity index (χ3n) is 8.30. The van der Waals surface area contributed by atoms with Crippen LogP contribution in [0.4, 0.5) is 0 Å². The smallest absolute Gasteiger partial charge is 0.0269 e. The van der Waals surface area contributed by atoms with E-state index in [-0.39, 0.29) is 5.41 Å². The zero-order chi connectivity index (χ0) is 23.0. The van der Waals surface area contributed by atoms with E-state index in [0.29, 0.717) is 11.8 Å². The topological polar surface area (TPSA) is 0 Å². The van der Waals surface area contributed by atoms with Crippen LogP contribution in [0.15, 0.2) is 39.3 Å². The van der Waals surface area contributed by atoms with Crippen molar-refractivity contribution in [3.05, 3.63) is 56.0 Å². The lowest BCUT2D eigenvalue weighted by molar-refractivity contribution is 0.0826. The Kier molecular flexibility index (Phi) is 7.29. The first-order valence-electron chi connectivity index (χ1n) is 12.4. The number of terminal acetylenes is 1. The van der Waals surface area contributed by atoms with Crippen LogP contribution in [0.5, 0.6) is 0 Å². The molecule has 1 unspecified atom stereocenters. The zero-order valence-electron chi connectivity index (χ0n) is 20.0. The number of hydrogen-bond donors (Lipinski definition) is 0.